The van der Waals surface area contributed by atoms with Gasteiger partial charge in [0, 0.05) is 12.1 Å². The zero-order chi connectivity index (χ0) is 11.8. The number of ether oxygens (including phenoxy) is 2. The summed E-state index contributed by atoms with van der Waals surface area (Å²) in [7, 11) is 0. The van der Waals surface area contributed by atoms with Crippen LogP contribution in [0.2, 0.25) is 5.15 Å². The van der Waals surface area contributed by atoms with Crippen molar-refractivity contribution in [2.45, 2.75) is 6.54 Å². The molecule has 0 bridgehead atoms. The minimum Gasteiger partial charge on any atom is -0.454 e. The Morgan fingerprint density at radius 1 is 1.35 bits per heavy atom. The van der Waals surface area contributed by atoms with Gasteiger partial charge >= 0.3 is 0 Å². The van der Waals surface area contributed by atoms with E-state index >= 15 is 0 Å². The van der Waals surface area contributed by atoms with Crippen LogP contribution in [0.5, 0.6) is 11.5 Å². The minimum absolute atomic E-state index is 0.269. The smallest absolute Gasteiger partial charge is 0.231 e. The van der Waals surface area contributed by atoms with Gasteiger partial charge in [-0.25, -0.2) is 4.98 Å². The number of thiazole rings is 1. The lowest BCUT2D eigenvalue weighted by Crippen LogP contribution is -1.92. The number of nitrogens with two attached hydrogens (primary N) is 1. The molecular weight excluding hydrogens is 260 g/mol. The van der Waals surface area contributed by atoms with Crippen molar-refractivity contribution >= 4 is 22.9 Å². The summed E-state index contributed by atoms with van der Waals surface area (Å²) in [6.07, 6.45) is 0. The molecule has 0 aliphatic carbocycles. The molecule has 1 aliphatic heterocycles. The van der Waals surface area contributed by atoms with Crippen molar-refractivity contribution in [1.29, 1.82) is 0 Å². The van der Waals surface area contributed by atoms with Gasteiger partial charge in [-0.3, -0.25) is 0 Å². The number of halogens is 1. The summed E-state index contributed by atoms with van der Waals surface area (Å²) in [6.45, 7) is 0.673. The SMILES string of the molecule is NCc1sc(-c2ccc3c(c2)OCO3)nc1Cl. The third kappa shape index (κ3) is 1.86. The number of benzene rings is 1. The lowest BCUT2D eigenvalue weighted by Gasteiger charge is -1.98. The van der Waals surface area contributed by atoms with Crippen LogP contribution in [0.1, 0.15) is 4.88 Å². The zero-order valence-corrected chi connectivity index (χ0v) is 10.3. The van der Waals surface area contributed by atoms with E-state index in [-0.39, 0.29) is 6.79 Å². The van der Waals surface area contributed by atoms with E-state index in [4.69, 9.17) is 26.8 Å². The van der Waals surface area contributed by atoms with E-state index in [1.807, 2.05) is 18.2 Å². The standard InChI is InChI=1S/C11H9ClN2O2S/c12-10-9(4-13)17-11(14-10)6-1-2-7-8(3-6)16-5-15-7/h1-3H,4-5,13H2. The van der Waals surface area contributed by atoms with E-state index in [2.05, 4.69) is 4.98 Å². The van der Waals surface area contributed by atoms with Gasteiger partial charge in [-0.05, 0) is 18.2 Å². The summed E-state index contributed by atoms with van der Waals surface area (Å²) in [5.41, 5.74) is 6.53. The Hall–Kier alpha value is -1.30. The van der Waals surface area contributed by atoms with Gasteiger partial charge in [-0.1, -0.05) is 11.6 Å². The highest BCUT2D eigenvalue weighted by atomic mass is 35.5. The predicted octanol–water partition coefficient (Wildman–Crippen LogP) is 2.65. The molecule has 0 saturated carbocycles. The maximum Gasteiger partial charge on any atom is 0.231 e. The van der Waals surface area contributed by atoms with E-state index in [0.29, 0.717) is 11.7 Å². The Morgan fingerprint density at radius 2 is 2.18 bits per heavy atom. The van der Waals surface area contributed by atoms with Gasteiger partial charge < -0.3 is 15.2 Å². The van der Waals surface area contributed by atoms with Gasteiger partial charge in [0.25, 0.3) is 0 Å². The number of aromatic nitrogens is 1. The highest BCUT2D eigenvalue weighted by Gasteiger charge is 2.16. The predicted molar refractivity (Wildman–Crippen MR) is 66.6 cm³/mol. The second-order valence-electron chi connectivity index (χ2n) is 3.51. The monoisotopic (exact) mass is 268 g/mol. The van der Waals surface area contributed by atoms with Crippen molar-refractivity contribution in [2.75, 3.05) is 6.79 Å². The van der Waals surface area contributed by atoms with Crippen molar-refractivity contribution in [2.24, 2.45) is 5.73 Å². The Kier molecular flexibility index (Phi) is 2.66. The first-order valence-corrected chi connectivity index (χ1v) is 6.22. The van der Waals surface area contributed by atoms with Gasteiger partial charge in [-0.2, -0.15) is 0 Å². The molecule has 0 spiro atoms. The Labute approximate surface area is 107 Å². The summed E-state index contributed by atoms with van der Waals surface area (Å²) in [5.74, 6) is 1.50. The fourth-order valence-electron chi connectivity index (χ4n) is 1.61. The molecule has 0 saturated heterocycles. The molecule has 0 atom stereocenters. The Balaban J connectivity index is 2.03. The van der Waals surface area contributed by atoms with E-state index in [1.54, 1.807) is 0 Å². The molecule has 1 aromatic heterocycles. The molecule has 6 heteroatoms. The van der Waals surface area contributed by atoms with Crippen molar-refractivity contribution in [3.05, 3.63) is 28.2 Å². The zero-order valence-electron chi connectivity index (χ0n) is 8.77. The average molecular weight is 269 g/mol. The first kappa shape index (κ1) is 10.8. The summed E-state index contributed by atoms with van der Waals surface area (Å²) in [5, 5.41) is 1.32. The maximum atomic E-state index is 5.98. The van der Waals surface area contributed by atoms with E-state index in [0.717, 1.165) is 26.9 Å². The molecule has 88 valence electrons. The Morgan fingerprint density at radius 3 is 2.94 bits per heavy atom. The van der Waals surface area contributed by atoms with E-state index in [1.165, 1.54) is 11.3 Å². The summed E-state index contributed by atoms with van der Waals surface area (Å²) in [6, 6.07) is 5.70. The summed E-state index contributed by atoms with van der Waals surface area (Å²) in [4.78, 5) is 5.17. The van der Waals surface area contributed by atoms with E-state index < -0.39 is 0 Å². The lowest BCUT2D eigenvalue weighted by molar-refractivity contribution is 0.174. The highest BCUT2D eigenvalue weighted by molar-refractivity contribution is 7.15. The van der Waals surface area contributed by atoms with E-state index in [9.17, 15) is 0 Å². The van der Waals surface area contributed by atoms with Gasteiger partial charge in [0.2, 0.25) is 6.79 Å². The number of nitrogens with zero attached hydrogens (tertiary/aromatic N) is 1. The van der Waals surface area contributed by atoms with Crippen LogP contribution in [0.15, 0.2) is 18.2 Å². The topological polar surface area (TPSA) is 57.4 Å². The number of rotatable bonds is 2. The van der Waals surface area contributed by atoms with Crippen LogP contribution in [-0.4, -0.2) is 11.8 Å². The first-order valence-electron chi connectivity index (χ1n) is 5.03. The fourth-order valence-corrected chi connectivity index (χ4v) is 2.77. The molecule has 0 radical (unpaired) electrons. The molecule has 3 rings (SSSR count). The molecular formula is C11H9ClN2O2S. The number of fused-ring (bicyclic) bond motifs is 1. The normalized spacial score (nSPS) is 13.1. The summed E-state index contributed by atoms with van der Waals surface area (Å²) < 4.78 is 10.6. The summed E-state index contributed by atoms with van der Waals surface area (Å²) >= 11 is 7.47. The highest BCUT2D eigenvalue weighted by Crippen LogP contribution is 2.38. The van der Waals surface area contributed by atoms with Crippen molar-refractivity contribution in [3.8, 4) is 22.1 Å². The van der Waals surface area contributed by atoms with Crippen molar-refractivity contribution in [3.63, 3.8) is 0 Å². The van der Waals surface area contributed by atoms with Gasteiger partial charge in [0.15, 0.2) is 11.5 Å². The molecule has 0 amide bonds. The molecule has 1 aromatic carbocycles. The van der Waals surface area contributed by atoms with Crippen molar-refractivity contribution in [1.82, 2.24) is 4.98 Å². The quantitative estimate of drug-likeness (QED) is 0.910. The molecule has 2 aromatic rings. The third-order valence-corrected chi connectivity index (χ3v) is 4.01. The number of hydrogen-bond acceptors (Lipinski definition) is 5. The van der Waals surface area contributed by atoms with Crippen LogP contribution in [-0.2, 0) is 6.54 Å². The number of hydrogen-bond donors (Lipinski definition) is 1. The largest absolute Gasteiger partial charge is 0.454 e. The molecule has 0 unspecified atom stereocenters. The van der Waals surface area contributed by atoms with Crippen LogP contribution in [0.3, 0.4) is 0 Å². The van der Waals surface area contributed by atoms with Gasteiger partial charge in [0.05, 0.1) is 4.88 Å². The van der Waals surface area contributed by atoms with Crippen LogP contribution in [0, 0.1) is 0 Å². The van der Waals surface area contributed by atoms with Crippen LogP contribution in [0.4, 0.5) is 0 Å². The van der Waals surface area contributed by atoms with Crippen LogP contribution >= 0.6 is 22.9 Å². The molecule has 17 heavy (non-hydrogen) atoms. The van der Waals surface area contributed by atoms with Crippen LogP contribution in [0.25, 0.3) is 10.6 Å². The first-order chi connectivity index (χ1) is 8.28. The van der Waals surface area contributed by atoms with Crippen LogP contribution < -0.4 is 15.2 Å². The van der Waals surface area contributed by atoms with Gasteiger partial charge in [-0.15, -0.1) is 11.3 Å². The second kappa shape index (κ2) is 4.18. The van der Waals surface area contributed by atoms with Gasteiger partial charge in [0.1, 0.15) is 10.2 Å². The molecule has 4 nitrogen and oxygen atoms in total. The molecule has 1 aliphatic rings. The molecule has 2 N–H and O–H groups in total. The third-order valence-electron chi connectivity index (χ3n) is 2.45. The molecule has 0 fully saturated rings. The average Bonchev–Trinajstić information content (AvgIpc) is 2.93. The van der Waals surface area contributed by atoms with Crippen molar-refractivity contribution < 1.29 is 9.47 Å². The minimum atomic E-state index is 0.269. The second-order valence-corrected chi connectivity index (χ2v) is 4.95. The lowest BCUT2D eigenvalue weighted by atomic mass is 10.2. The fraction of sp³-hybridized carbons (Fsp3) is 0.182. The Bertz CT molecular complexity index is 571. The molecule has 2 heterocycles. The maximum absolute atomic E-state index is 5.98.